The molecule has 0 aromatic rings. The Labute approximate surface area is 300 Å². The maximum absolute atomic E-state index is 13.0. The summed E-state index contributed by atoms with van der Waals surface area (Å²) >= 11 is 0. The van der Waals surface area contributed by atoms with E-state index in [2.05, 4.69) is 25.7 Å². The molecule has 286 valence electrons. The van der Waals surface area contributed by atoms with Crippen LogP contribution in [0.25, 0.3) is 0 Å². The SMILES string of the molecule is CCCCCCCCCCCCCCC(CCCCCCCCCC)(CCCC(CCCCCCC)OC(=O)CCCN(C)C)C(=O)O. The Hall–Kier alpha value is -1.10. The van der Waals surface area contributed by atoms with E-state index in [-0.39, 0.29) is 12.1 Å². The molecule has 0 aromatic heterocycles. The van der Waals surface area contributed by atoms with E-state index in [9.17, 15) is 14.7 Å². The predicted molar refractivity (Wildman–Crippen MR) is 208 cm³/mol. The normalized spacial score (nSPS) is 13.5. The van der Waals surface area contributed by atoms with Crippen LogP contribution >= 0.6 is 0 Å². The third-order valence-electron chi connectivity index (χ3n) is 10.6. The van der Waals surface area contributed by atoms with Crippen molar-refractivity contribution < 1.29 is 19.4 Å². The minimum Gasteiger partial charge on any atom is -0.481 e. The van der Waals surface area contributed by atoms with Crippen LogP contribution in [0.4, 0.5) is 0 Å². The van der Waals surface area contributed by atoms with Crippen molar-refractivity contribution in [3.05, 3.63) is 0 Å². The Morgan fingerprint density at radius 3 is 1.27 bits per heavy atom. The minimum atomic E-state index is -0.637. The Kier molecular flexibility index (Phi) is 33.6. The average molecular weight is 680 g/mol. The monoisotopic (exact) mass is 680 g/mol. The van der Waals surface area contributed by atoms with Crippen LogP contribution in [0.15, 0.2) is 0 Å². The van der Waals surface area contributed by atoms with Gasteiger partial charge >= 0.3 is 11.9 Å². The van der Waals surface area contributed by atoms with Crippen molar-refractivity contribution in [1.29, 1.82) is 0 Å². The lowest BCUT2D eigenvalue weighted by Crippen LogP contribution is -2.32. The maximum atomic E-state index is 13.0. The highest BCUT2D eigenvalue weighted by Gasteiger charge is 2.37. The molecule has 0 aromatic carbocycles. The third kappa shape index (κ3) is 28.7. The van der Waals surface area contributed by atoms with Gasteiger partial charge in [-0.25, -0.2) is 0 Å². The number of carboxylic acid groups (broad SMARTS) is 1. The number of rotatable bonds is 38. The first-order valence-corrected chi connectivity index (χ1v) is 21.4. The highest BCUT2D eigenvalue weighted by molar-refractivity contribution is 5.74. The molecule has 2 atom stereocenters. The van der Waals surface area contributed by atoms with E-state index in [4.69, 9.17) is 4.74 Å². The molecule has 0 radical (unpaired) electrons. The average Bonchev–Trinajstić information content (AvgIpc) is 3.05. The van der Waals surface area contributed by atoms with Crippen LogP contribution in [0.5, 0.6) is 0 Å². The molecule has 2 unspecified atom stereocenters. The number of unbranched alkanes of at least 4 members (excludes halogenated alkanes) is 22. The zero-order valence-corrected chi connectivity index (χ0v) is 33.2. The molecule has 0 spiro atoms. The van der Waals surface area contributed by atoms with Gasteiger partial charge in [-0.2, -0.15) is 0 Å². The number of hydrogen-bond acceptors (Lipinski definition) is 4. The van der Waals surface area contributed by atoms with Crippen molar-refractivity contribution in [3.63, 3.8) is 0 Å². The van der Waals surface area contributed by atoms with E-state index < -0.39 is 11.4 Å². The first kappa shape index (κ1) is 46.9. The Morgan fingerprint density at radius 2 is 0.875 bits per heavy atom. The lowest BCUT2D eigenvalue weighted by atomic mass is 9.74. The standard InChI is InChI=1S/C43H85NO4/c1-6-9-12-15-17-19-20-21-22-24-27-30-37-43(42(46)47,36-29-26-23-18-16-13-10-7-2)38-31-34-40(33-28-25-14-11-8-3)48-41(45)35-32-39-44(4)5/h40H,6-39H2,1-5H3,(H,46,47). The van der Waals surface area contributed by atoms with Crippen LogP contribution in [0, 0.1) is 5.41 Å². The molecule has 0 bridgehead atoms. The molecule has 0 saturated heterocycles. The van der Waals surface area contributed by atoms with Gasteiger partial charge in [-0.3, -0.25) is 9.59 Å². The number of carboxylic acids is 1. The van der Waals surface area contributed by atoms with Gasteiger partial charge in [0.1, 0.15) is 6.10 Å². The Bertz CT molecular complexity index is 711. The summed E-state index contributed by atoms with van der Waals surface area (Å²) in [5.41, 5.74) is -0.637. The van der Waals surface area contributed by atoms with Crippen molar-refractivity contribution in [3.8, 4) is 0 Å². The molecule has 0 amide bonds. The fraction of sp³-hybridized carbons (Fsp3) is 0.953. The molecule has 0 fully saturated rings. The van der Waals surface area contributed by atoms with Crippen molar-refractivity contribution in [2.45, 2.75) is 239 Å². The number of nitrogens with zero attached hydrogens (tertiary/aromatic N) is 1. The van der Waals surface area contributed by atoms with Gasteiger partial charge in [0, 0.05) is 6.42 Å². The van der Waals surface area contributed by atoms with Gasteiger partial charge in [-0.05, 0) is 72.0 Å². The van der Waals surface area contributed by atoms with Gasteiger partial charge in [-0.1, -0.05) is 175 Å². The smallest absolute Gasteiger partial charge is 0.309 e. The van der Waals surface area contributed by atoms with E-state index in [1.54, 1.807) is 0 Å². The van der Waals surface area contributed by atoms with Crippen molar-refractivity contribution in [1.82, 2.24) is 4.90 Å². The van der Waals surface area contributed by atoms with E-state index >= 15 is 0 Å². The molecule has 5 nitrogen and oxygen atoms in total. The molecule has 48 heavy (non-hydrogen) atoms. The summed E-state index contributed by atoms with van der Waals surface area (Å²) < 4.78 is 6.04. The van der Waals surface area contributed by atoms with Gasteiger partial charge in [0.05, 0.1) is 5.41 Å². The third-order valence-corrected chi connectivity index (χ3v) is 10.6. The number of carbonyl (C=O) groups excluding carboxylic acids is 1. The van der Waals surface area contributed by atoms with Crippen LogP contribution in [-0.2, 0) is 14.3 Å². The summed E-state index contributed by atoms with van der Waals surface area (Å²) in [6.07, 6.45) is 37.5. The minimum absolute atomic E-state index is 0.0836. The van der Waals surface area contributed by atoms with Crippen molar-refractivity contribution in [2.75, 3.05) is 20.6 Å². The first-order chi connectivity index (χ1) is 23.3. The number of ether oxygens (including phenoxy) is 1. The summed E-state index contributed by atoms with van der Waals surface area (Å²) in [7, 11) is 4.06. The summed E-state index contributed by atoms with van der Waals surface area (Å²) in [5.74, 6) is -0.680. The fourth-order valence-electron chi connectivity index (χ4n) is 7.29. The fourth-order valence-corrected chi connectivity index (χ4v) is 7.29. The Balaban J connectivity index is 5.06. The zero-order valence-electron chi connectivity index (χ0n) is 33.2. The lowest BCUT2D eigenvalue weighted by Gasteiger charge is -2.31. The lowest BCUT2D eigenvalue weighted by molar-refractivity contribution is -0.153. The maximum Gasteiger partial charge on any atom is 0.309 e. The zero-order chi connectivity index (χ0) is 35.6. The van der Waals surface area contributed by atoms with E-state index in [1.165, 1.54) is 128 Å². The van der Waals surface area contributed by atoms with Gasteiger partial charge in [0.25, 0.3) is 0 Å². The molecular formula is C43H85NO4. The summed E-state index contributed by atoms with van der Waals surface area (Å²) in [5, 5.41) is 10.7. The van der Waals surface area contributed by atoms with E-state index in [0.717, 1.165) is 77.2 Å². The summed E-state index contributed by atoms with van der Waals surface area (Å²) in [4.78, 5) is 27.8. The van der Waals surface area contributed by atoms with Crippen LogP contribution < -0.4 is 0 Å². The van der Waals surface area contributed by atoms with Crippen molar-refractivity contribution in [2.24, 2.45) is 5.41 Å². The van der Waals surface area contributed by atoms with E-state index in [0.29, 0.717) is 12.8 Å². The second-order valence-corrected chi connectivity index (χ2v) is 15.6. The van der Waals surface area contributed by atoms with Gasteiger partial charge in [0.2, 0.25) is 0 Å². The van der Waals surface area contributed by atoms with Gasteiger partial charge < -0.3 is 14.7 Å². The predicted octanol–water partition coefficient (Wildman–Crippen LogP) is 13.5. The number of carbonyl (C=O) groups is 2. The van der Waals surface area contributed by atoms with Gasteiger partial charge in [0.15, 0.2) is 0 Å². The molecular weight excluding hydrogens is 594 g/mol. The van der Waals surface area contributed by atoms with Crippen LogP contribution in [0.2, 0.25) is 0 Å². The van der Waals surface area contributed by atoms with Crippen molar-refractivity contribution >= 4 is 11.9 Å². The first-order valence-electron chi connectivity index (χ1n) is 21.4. The summed E-state index contributed by atoms with van der Waals surface area (Å²) in [6.45, 7) is 7.65. The molecule has 0 aliphatic heterocycles. The number of esters is 1. The van der Waals surface area contributed by atoms with E-state index in [1.807, 2.05) is 14.1 Å². The summed E-state index contributed by atoms with van der Waals surface area (Å²) in [6, 6.07) is 0. The highest BCUT2D eigenvalue weighted by atomic mass is 16.5. The molecule has 0 saturated carbocycles. The molecule has 0 heterocycles. The topological polar surface area (TPSA) is 66.8 Å². The molecule has 0 aliphatic carbocycles. The second-order valence-electron chi connectivity index (χ2n) is 15.6. The molecule has 0 aliphatic rings. The number of aliphatic carboxylic acids is 1. The molecule has 1 N–H and O–H groups in total. The largest absolute Gasteiger partial charge is 0.481 e. The van der Waals surface area contributed by atoms with Gasteiger partial charge in [-0.15, -0.1) is 0 Å². The number of hydrogen-bond donors (Lipinski definition) is 1. The Morgan fingerprint density at radius 1 is 0.521 bits per heavy atom. The molecule has 0 rings (SSSR count). The second kappa shape index (κ2) is 34.4. The highest BCUT2D eigenvalue weighted by Crippen LogP contribution is 2.38. The molecule has 5 heteroatoms. The van der Waals surface area contributed by atoms with Crippen LogP contribution in [0.1, 0.15) is 233 Å². The van der Waals surface area contributed by atoms with Crippen LogP contribution in [0.3, 0.4) is 0 Å². The quantitative estimate of drug-likeness (QED) is 0.0519. The van der Waals surface area contributed by atoms with Crippen LogP contribution in [-0.4, -0.2) is 48.7 Å².